The summed E-state index contributed by atoms with van der Waals surface area (Å²) in [7, 11) is 3.34. The van der Waals surface area contributed by atoms with Gasteiger partial charge in [0.2, 0.25) is 0 Å². The molecule has 1 atom stereocenters. The largest absolute Gasteiger partial charge is 0.391 e. The van der Waals surface area contributed by atoms with Crippen molar-refractivity contribution in [2.75, 3.05) is 20.7 Å². The molecule has 0 aromatic heterocycles. The number of methoxy groups -OCH3 is 1. The Morgan fingerprint density at radius 1 is 1.17 bits per heavy atom. The van der Waals surface area contributed by atoms with Crippen molar-refractivity contribution in [1.82, 2.24) is 10.6 Å². The van der Waals surface area contributed by atoms with E-state index >= 15 is 0 Å². The molecular weight excluding hydrogens is 434 g/mol. The molecule has 0 aliphatic heterocycles. The topological polar surface area (TPSA) is 45.7 Å². The summed E-state index contributed by atoms with van der Waals surface area (Å²) >= 11 is 0. The van der Waals surface area contributed by atoms with Crippen molar-refractivity contribution in [2.24, 2.45) is 16.3 Å². The van der Waals surface area contributed by atoms with Crippen LogP contribution < -0.4 is 10.6 Å². The van der Waals surface area contributed by atoms with Crippen LogP contribution in [-0.2, 0) is 4.74 Å². The fourth-order valence-corrected chi connectivity index (χ4v) is 2.89. The smallest absolute Gasteiger partial charge is 0.379 e. The lowest BCUT2D eigenvalue weighted by molar-refractivity contribution is -0.182. The lowest BCUT2D eigenvalue weighted by Crippen LogP contribution is -2.49. The van der Waals surface area contributed by atoms with Crippen LogP contribution in [0.5, 0.6) is 0 Å². The van der Waals surface area contributed by atoms with Crippen LogP contribution in [0.4, 0.5) is 13.2 Å². The molecule has 0 radical (unpaired) electrons. The van der Waals surface area contributed by atoms with Crippen LogP contribution in [0.15, 0.2) is 4.99 Å². The third-order valence-electron chi connectivity index (χ3n) is 4.46. The monoisotopic (exact) mass is 465 g/mol. The maximum Gasteiger partial charge on any atom is 0.391 e. The van der Waals surface area contributed by atoms with Crippen LogP contribution in [0.3, 0.4) is 0 Å². The van der Waals surface area contributed by atoms with Crippen molar-refractivity contribution >= 4 is 29.9 Å². The maximum atomic E-state index is 12.7. The number of ether oxygens (including phenoxy) is 1. The molecule has 0 aromatic carbocycles. The van der Waals surface area contributed by atoms with E-state index in [2.05, 4.69) is 36.4 Å². The maximum absolute atomic E-state index is 12.7. The number of halogens is 4. The molecule has 0 aromatic rings. The number of guanidine groups is 1. The van der Waals surface area contributed by atoms with Gasteiger partial charge < -0.3 is 15.4 Å². The first-order valence-corrected chi connectivity index (χ1v) is 8.14. The van der Waals surface area contributed by atoms with Gasteiger partial charge in [-0.25, -0.2) is 0 Å². The Balaban J connectivity index is 0.00000529. The van der Waals surface area contributed by atoms with Crippen LogP contribution in [0.2, 0.25) is 0 Å². The van der Waals surface area contributed by atoms with E-state index in [4.69, 9.17) is 4.74 Å². The Labute approximate surface area is 160 Å². The molecule has 1 aliphatic carbocycles. The van der Waals surface area contributed by atoms with Gasteiger partial charge in [0.05, 0.1) is 12.0 Å². The van der Waals surface area contributed by atoms with E-state index in [9.17, 15) is 13.2 Å². The summed E-state index contributed by atoms with van der Waals surface area (Å²) in [5.74, 6) is -0.541. The first kappa shape index (κ1) is 23.8. The van der Waals surface area contributed by atoms with Crippen LogP contribution in [0.25, 0.3) is 0 Å². The normalized spacial score (nSPS) is 24.1. The third kappa shape index (κ3) is 7.76. The van der Waals surface area contributed by atoms with Crippen molar-refractivity contribution in [2.45, 2.75) is 64.8 Å². The van der Waals surface area contributed by atoms with E-state index in [1.165, 1.54) is 0 Å². The Kier molecular flexibility index (Phi) is 9.93. The summed E-state index contributed by atoms with van der Waals surface area (Å²) in [6.45, 7) is 6.88. The molecule has 0 saturated heterocycles. The summed E-state index contributed by atoms with van der Waals surface area (Å²) in [5, 5.41) is 6.43. The first-order chi connectivity index (χ1) is 10.6. The predicted molar refractivity (Wildman–Crippen MR) is 102 cm³/mol. The summed E-state index contributed by atoms with van der Waals surface area (Å²) < 4.78 is 43.5. The molecule has 1 aliphatic rings. The van der Waals surface area contributed by atoms with Gasteiger partial charge in [-0.15, -0.1) is 24.0 Å². The van der Waals surface area contributed by atoms with Gasteiger partial charge >= 0.3 is 6.18 Å². The highest BCUT2D eigenvalue weighted by Crippen LogP contribution is 2.37. The Morgan fingerprint density at radius 2 is 1.71 bits per heavy atom. The lowest BCUT2D eigenvalue weighted by atomic mass is 9.85. The highest BCUT2D eigenvalue weighted by molar-refractivity contribution is 14.0. The molecule has 1 fully saturated rings. The van der Waals surface area contributed by atoms with E-state index in [1.807, 2.05) is 0 Å². The number of nitrogens with zero attached hydrogens (tertiary/aromatic N) is 1. The minimum Gasteiger partial charge on any atom is -0.379 e. The molecule has 144 valence electrons. The van der Waals surface area contributed by atoms with Crippen LogP contribution in [0.1, 0.15) is 46.5 Å². The van der Waals surface area contributed by atoms with Gasteiger partial charge in [0, 0.05) is 26.7 Å². The number of rotatable bonds is 4. The molecule has 4 nitrogen and oxygen atoms in total. The second-order valence-electron chi connectivity index (χ2n) is 7.28. The van der Waals surface area contributed by atoms with E-state index < -0.39 is 12.1 Å². The second kappa shape index (κ2) is 10.0. The quantitative estimate of drug-likeness (QED) is 0.376. The molecule has 8 heteroatoms. The zero-order valence-corrected chi connectivity index (χ0v) is 17.5. The van der Waals surface area contributed by atoms with Crippen LogP contribution >= 0.6 is 24.0 Å². The van der Waals surface area contributed by atoms with Crippen molar-refractivity contribution in [3.63, 3.8) is 0 Å². The number of alkyl halides is 3. The van der Waals surface area contributed by atoms with E-state index in [0.717, 1.165) is 0 Å². The van der Waals surface area contributed by atoms with Gasteiger partial charge in [-0.05, 0) is 31.1 Å². The van der Waals surface area contributed by atoms with E-state index in [1.54, 1.807) is 14.2 Å². The molecule has 0 spiro atoms. The van der Waals surface area contributed by atoms with Crippen LogP contribution in [-0.4, -0.2) is 45.0 Å². The molecule has 0 bridgehead atoms. The molecule has 1 rings (SSSR count). The average Bonchev–Trinajstić information content (AvgIpc) is 2.44. The molecule has 1 saturated carbocycles. The molecule has 24 heavy (non-hydrogen) atoms. The highest BCUT2D eigenvalue weighted by atomic mass is 127. The average molecular weight is 465 g/mol. The Morgan fingerprint density at radius 3 is 2.08 bits per heavy atom. The number of hydrogen-bond acceptors (Lipinski definition) is 2. The van der Waals surface area contributed by atoms with Crippen molar-refractivity contribution < 1.29 is 17.9 Å². The number of nitrogens with one attached hydrogen (secondary N) is 2. The Bertz CT molecular complexity index is 389. The SMILES string of the molecule is CN=C(NCC(OC)C(C)(C)C)NC1CCC(C(F)(F)F)CC1.I. The summed E-state index contributed by atoms with van der Waals surface area (Å²) in [6.07, 6.45) is -2.66. The van der Waals surface area contributed by atoms with E-state index in [-0.39, 0.29) is 54.4 Å². The van der Waals surface area contributed by atoms with Crippen molar-refractivity contribution in [1.29, 1.82) is 0 Å². The van der Waals surface area contributed by atoms with Gasteiger partial charge in [-0.3, -0.25) is 4.99 Å². The molecule has 1 unspecified atom stereocenters. The predicted octanol–water partition coefficient (Wildman–Crippen LogP) is 3.95. The molecule has 0 heterocycles. The van der Waals surface area contributed by atoms with Gasteiger partial charge in [-0.1, -0.05) is 20.8 Å². The number of hydrogen-bond donors (Lipinski definition) is 2. The van der Waals surface area contributed by atoms with Gasteiger partial charge in [0.1, 0.15) is 0 Å². The molecule has 0 amide bonds. The summed E-state index contributed by atoms with van der Waals surface area (Å²) in [5.41, 5.74) is -0.00856. The number of aliphatic imine (C=N–C) groups is 1. The zero-order valence-electron chi connectivity index (χ0n) is 15.2. The fraction of sp³-hybridized carbons (Fsp3) is 0.938. The van der Waals surface area contributed by atoms with Crippen LogP contribution in [0, 0.1) is 11.3 Å². The highest BCUT2D eigenvalue weighted by Gasteiger charge is 2.41. The molecule has 2 N–H and O–H groups in total. The van der Waals surface area contributed by atoms with Crippen molar-refractivity contribution in [3.8, 4) is 0 Å². The zero-order chi connectivity index (χ0) is 17.7. The van der Waals surface area contributed by atoms with E-state index in [0.29, 0.717) is 25.3 Å². The summed E-state index contributed by atoms with van der Waals surface area (Å²) in [4.78, 5) is 4.15. The lowest BCUT2D eigenvalue weighted by Gasteiger charge is -2.32. The Hall–Kier alpha value is -0.250. The third-order valence-corrected chi connectivity index (χ3v) is 4.46. The van der Waals surface area contributed by atoms with Crippen molar-refractivity contribution in [3.05, 3.63) is 0 Å². The van der Waals surface area contributed by atoms with Gasteiger partial charge in [0.15, 0.2) is 5.96 Å². The minimum atomic E-state index is -4.07. The molecular formula is C16H31F3IN3O. The first-order valence-electron chi connectivity index (χ1n) is 8.14. The van der Waals surface area contributed by atoms with Gasteiger partial charge in [0.25, 0.3) is 0 Å². The second-order valence-corrected chi connectivity index (χ2v) is 7.28. The standard InChI is InChI=1S/C16H30F3N3O.HI/c1-15(2,3)13(23-5)10-21-14(20-4)22-12-8-6-11(7-9-12)16(17,18)19;/h11-13H,6-10H2,1-5H3,(H2,20,21,22);1H. The fourth-order valence-electron chi connectivity index (χ4n) is 2.89. The minimum absolute atomic E-state index is 0. The van der Waals surface area contributed by atoms with Gasteiger partial charge in [-0.2, -0.15) is 13.2 Å². The summed E-state index contributed by atoms with van der Waals surface area (Å²) in [6, 6.07) is 0.0374.